The van der Waals surface area contributed by atoms with Crippen LogP contribution in [0.4, 0.5) is 0 Å². The molecule has 0 spiro atoms. The third-order valence-corrected chi connectivity index (χ3v) is 3.63. The minimum atomic E-state index is 0.863. The highest BCUT2D eigenvalue weighted by Crippen LogP contribution is 2.14. The molecule has 0 amide bonds. The molecular weight excluding hydrogens is 258 g/mol. The first-order chi connectivity index (χ1) is 10.4. The van der Waals surface area contributed by atoms with Gasteiger partial charge in [-0.05, 0) is 36.2 Å². The van der Waals surface area contributed by atoms with E-state index in [1.54, 1.807) is 0 Å². The zero-order valence-corrected chi connectivity index (χ0v) is 12.4. The van der Waals surface area contributed by atoms with Crippen LogP contribution in [0.15, 0.2) is 54.9 Å². The quantitative estimate of drug-likeness (QED) is 0.699. The number of hydrogen-bond donors (Lipinski definition) is 1. The van der Waals surface area contributed by atoms with Gasteiger partial charge in [0.05, 0.1) is 17.4 Å². The lowest BCUT2D eigenvalue weighted by molar-refractivity contribution is 0.674. The van der Waals surface area contributed by atoms with Crippen molar-refractivity contribution in [3.05, 3.63) is 66.0 Å². The Morgan fingerprint density at radius 2 is 1.90 bits per heavy atom. The van der Waals surface area contributed by atoms with Crippen molar-refractivity contribution in [1.82, 2.24) is 14.9 Å². The van der Waals surface area contributed by atoms with Crippen molar-refractivity contribution in [1.29, 1.82) is 0 Å². The molecule has 1 N–H and O–H groups in total. The molecule has 0 saturated heterocycles. The molecule has 108 valence electrons. The molecule has 0 atom stereocenters. The number of aromatic nitrogens is 2. The average Bonchev–Trinajstić information content (AvgIpc) is 2.91. The molecule has 0 radical (unpaired) electrons. The highest BCUT2D eigenvalue weighted by molar-refractivity contribution is 5.75. The van der Waals surface area contributed by atoms with Crippen molar-refractivity contribution in [2.75, 3.05) is 6.54 Å². The maximum atomic E-state index is 4.45. The molecule has 0 saturated carbocycles. The number of fused-ring (bicyclic) bond motifs is 1. The van der Waals surface area contributed by atoms with Gasteiger partial charge in [0.25, 0.3) is 0 Å². The van der Waals surface area contributed by atoms with Crippen molar-refractivity contribution in [2.24, 2.45) is 0 Å². The van der Waals surface area contributed by atoms with E-state index in [1.165, 1.54) is 23.1 Å². The standard InChI is InChI=1S/C18H21N3/c1-2-10-19-12-15-6-5-7-16(11-15)13-21-14-20-17-8-3-4-9-18(17)21/h3-9,11,14,19H,2,10,12-13H2,1H3. The van der Waals surface area contributed by atoms with Gasteiger partial charge in [-0.15, -0.1) is 0 Å². The number of imidazole rings is 1. The summed E-state index contributed by atoms with van der Waals surface area (Å²) >= 11 is 0. The van der Waals surface area contributed by atoms with Gasteiger partial charge in [0.1, 0.15) is 0 Å². The second-order valence-electron chi connectivity index (χ2n) is 5.36. The van der Waals surface area contributed by atoms with Gasteiger partial charge in [-0.1, -0.05) is 43.3 Å². The van der Waals surface area contributed by atoms with Gasteiger partial charge in [-0.25, -0.2) is 4.98 Å². The highest BCUT2D eigenvalue weighted by atomic mass is 15.0. The van der Waals surface area contributed by atoms with Gasteiger partial charge in [0.2, 0.25) is 0 Å². The number of rotatable bonds is 6. The summed E-state index contributed by atoms with van der Waals surface area (Å²) in [5.74, 6) is 0. The van der Waals surface area contributed by atoms with E-state index in [-0.39, 0.29) is 0 Å². The molecule has 0 bridgehead atoms. The lowest BCUT2D eigenvalue weighted by Gasteiger charge is -2.08. The molecule has 3 rings (SSSR count). The summed E-state index contributed by atoms with van der Waals surface area (Å²) < 4.78 is 2.20. The second kappa shape index (κ2) is 6.55. The molecule has 0 unspecified atom stereocenters. The van der Waals surface area contributed by atoms with Crippen molar-refractivity contribution < 1.29 is 0 Å². The van der Waals surface area contributed by atoms with Gasteiger partial charge in [0, 0.05) is 13.1 Å². The summed E-state index contributed by atoms with van der Waals surface area (Å²) in [6.45, 7) is 5.05. The van der Waals surface area contributed by atoms with Crippen LogP contribution in [0, 0.1) is 0 Å². The Balaban J connectivity index is 1.76. The van der Waals surface area contributed by atoms with Crippen LogP contribution < -0.4 is 5.32 Å². The topological polar surface area (TPSA) is 29.9 Å². The van der Waals surface area contributed by atoms with E-state index < -0.39 is 0 Å². The van der Waals surface area contributed by atoms with E-state index in [1.807, 2.05) is 12.4 Å². The molecular formula is C18H21N3. The summed E-state index contributed by atoms with van der Waals surface area (Å²) in [6, 6.07) is 17.0. The normalized spacial score (nSPS) is 11.1. The molecule has 21 heavy (non-hydrogen) atoms. The summed E-state index contributed by atoms with van der Waals surface area (Å²) in [6.07, 6.45) is 3.09. The molecule has 0 fully saturated rings. The lowest BCUT2D eigenvalue weighted by Crippen LogP contribution is -2.13. The smallest absolute Gasteiger partial charge is 0.0961 e. The Kier molecular flexibility index (Phi) is 4.31. The lowest BCUT2D eigenvalue weighted by atomic mass is 10.1. The first-order valence-electron chi connectivity index (χ1n) is 7.55. The molecule has 0 aliphatic rings. The fraction of sp³-hybridized carbons (Fsp3) is 0.278. The van der Waals surface area contributed by atoms with Gasteiger partial charge >= 0.3 is 0 Å². The van der Waals surface area contributed by atoms with Crippen molar-refractivity contribution in [2.45, 2.75) is 26.4 Å². The molecule has 0 aliphatic carbocycles. The summed E-state index contributed by atoms with van der Waals surface area (Å²) in [7, 11) is 0. The maximum Gasteiger partial charge on any atom is 0.0961 e. The van der Waals surface area contributed by atoms with Crippen LogP contribution in [-0.4, -0.2) is 16.1 Å². The van der Waals surface area contributed by atoms with Crippen LogP contribution in [0.3, 0.4) is 0 Å². The third kappa shape index (κ3) is 3.31. The van der Waals surface area contributed by atoms with Gasteiger partial charge in [0.15, 0.2) is 0 Å². The van der Waals surface area contributed by atoms with Crippen LogP contribution in [0.1, 0.15) is 24.5 Å². The number of hydrogen-bond acceptors (Lipinski definition) is 2. The van der Waals surface area contributed by atoms with Crippen LogP contribution >= 0.6 is 0 Å². The number of nitrogens with zero attached hydrogens (tertiary/aromatic N) is 2. The zero-order chi connectivity index (χ0) is 14.5. The molecule has 2 aromatic carbocycles. The maximum absolute atomic E-state index is 4.45. The second-order valence-corrected chi connectivity index (χ2v) is 5.36. The number of benzene rings is 2. The first-order valence-corrected chi connectivity index (χ1v) is 7.55. The van der Waals surface area contributed by atoms with Crippen molar-refractivity contribution in [3.8, 4) is 0 Å². The molecule has 3 nitrogen and oxygen atoms in total. The van der Waals surface area contributed by atoms with Crippen molar-refractivity contribution >= 4 is 11.0 Å². The van der Waals surface area contributed by atoms with E-state index in [0.717, 1.165) is 25.2 Å². The van der Waals surface area contributed by atoms with Crippen LogP contribution in [0.2, 0.25) is 0 Å². The van der Waals surface area contributed by atoms with Gasteiger partial charge in [-0.3, -0.25) is 0 Å². The monoisotopic (exact) mass is 279 g/mol. The van der Waals surface area contributed by atoms with Gasteiger partial charge in [-0.2, -0.15) is 0 Å². The fourth-order valence-electron chi connectivity index (χ4n) is 2.58. The molecule has 0 aliphatic heterocycles. The molecule has 1 heterocycles. The largest absolute Gasteiger partial charge is 0.326 e. The van der Waals surface area contributed by atoms with Crippen LogP contribution in [0.5, 0.6) is 0 Å². The van der Waals surface area contributed by atoms with Crippen LogP contribution in [0.25, 0.3) is 11.0 Å². The fourth-order valence-corrected chi connectivity index (χ4v) is 2.58. The van der Waals surface area contributed by atoms with E-state index >= 15 is 0 Å². The predicted octanol–water partition coefficient (Wildman–Crippen LogP) is 3.58. The van der Waals surface area contributed by atoms with Gasteiger partial charge < -0.3 is 9.88 Å². The first kappa shape index (κ1) is 13.8. The summed E-state index contributed by atoms with van der Waals surface area (Å²) in [4.78, 5) is 4.45. The number of para-hydroxylation sites is 2. The SMILES string of the molecule is CCCNCc1cccc(Cn2cnc3ccccc32)c1. The van der Waals surface area contributed by atoms with E-state index in [4.69, 9.17) is 0 Å². The molecule has 3 heteroatoms. The Morgan fingerprint density at radius 1 is 1.05 bits per heavy atom. The summed E-state index contributed by atoms with van der Waals surface area (Å²) in [5, 5.41) is 3.45. The highest BCUT2D eigenvalue weighted by Gasteiger charge is 2.03. The Labute approximate surface area is 125 Å². The van der Waals surface area contributed by atoms with E-state index in [2.05, 4.69) is 64.3 Å². The van der Waals surface area contributed by atoms with Crippen LogP contribution in [-0.2, 0) is 13.1 Å². The van der Waals surface area contributed by atoms with E-state index in [0.29, 0.717) is 0 Å². The Morgan fingerprint density at radius 3 is 2.81 bits per heavy atom. The minimum Gasteiger partial charge on any atom is -0.326 e. The summed E-state index contributed by atoms with van der Waals surface area (Å²) in [5.41, 5.74) is 4.89. The number of nitrogens with one attached hydrogen (secondary N) is 1. The predicted molar refractivity (Wildman–Crippen MR) is 87.3 cm³/mol. The molecule has 3 aromatic rings. The molecule has 1 aromatic heterocycles. The third-order valence-electron chi connectivity index (χ3n) is 3.63. The Bertz CT molecular complexity index is 715. The minimum absolute atomic E-state index is 0.863. The Hall–Kier alpha value is -2.13. The van der Waals surface area contributed by atoms with Crippen molar-refractivity contribution in [3.63, 3.8) is 0 Å². The average molecular weight is 279 g/mol. The van der Waals surface area contributed by atoms with E-state index in [9.17, 15) is 0 Å². The zero-order valence-electron chi connectivity index (χ0n) is 12.4.